The van der Waals surface area contributed by atoms with Crippen molar-refractivity contribution in [2.75, 3.05) is 18.4 Å². The van der Waals surface area contributed by atoms with E-state index < -0.39 is 0 Å². The molecule has 2 N–H and O–H groups in total. The highest BCUT2D eigenvalue weighted by Gasteiger charge is 2.11. The molecule has 3 rings (SSSR count). The van der Waals surface area contributed by atoms with E-state index in [1.54, 1.807) is 0 Å². The number of fused-ring (bicyclic) bond motifs is 1. The van der Waals surface area contributed by atoms with Crippen molar-refractivity contribution in [2.24, 2.45) is 0 Å². The summed E-state index contributed by atoms with van der Waals surface area (Å²) >= 11 is 0. The summed E-state index contributed by atoms with van der Waals surface area (Å²) in [6.07, 6.45) is 3.55. The predicted molar refractivity (Wildman–Crippen MR) is 92.4 cm³/mol. The molecule has 2 aromatic carbocycles. The van der Waals surface area contributed by atoms with Gasteiger partial charge in [-0.1, -0.05) is 48.5 Å². The zero-order valence-corrected chi connectivity index (χ0v) is 13.1. The molecule has 2 aromatic rings. The molecule has 0 fully saturated rings. The topological polar surface area (TPSA) is 24.1 Å². The fraction of sp³-hybridized carbons (Fsp3) is 0.333. The number of benzene rings is 2. The van der Waals surface area contributed by atoms with Crippen LogP contribution in [0.1, 0.15) is 23.1 Å². The standard InChI is InChI=1S/C18H22N2.ClH/c1-2-6-15(7-3-1)14-19-13-11-17-9-4-8-16-10-5-12-20-18(16)17;/h1-4,6-9,19-20H,5,10-14H2;1H. The van der Waals surface area contributed by atoms with Crippen molar-refractivity contribution in [3.8, 4) is 0 Å². The minimum Gasteiger partial charge on any atom is -0.385 e. The lowest BCUT2D eigenvalue weighted by Crippen LogP contribution is -2.19. The van der Waals surface area contributed by atoms with Gasteiger partial charge in [-0.2, -0.15) is 0 Å². The summed E-state index contributed by atoms with van der Waals surface area (Å²) in [5.41, 5.74) is 5.67. The highest BCUT2D eigenvalue weighted by molar-refractivity contribution is 5.85. The average Bonchev–Trinajstić information content (AvgIpc) is 2.53. The number of aryl methyl sites for hydroxylation is 1. The van der Waals surface area contributed by atoms with Crippen molar-refractivity contribution < 1.29 is 0 Å². The van der Waals surface area contributed by atoms with Crippen LogP contribution in [0, 0.1) is 0 Å². The van der Waals surface area contributed by atoms with E-state index in [2.05, 4.69) is 59.2 Å². The molecule has 0 spiro atoms. The van der Waals surface area contributed by atoms with Crippen molar-refractivity contribution >= 4 is 18.1 Å². The van der Waals surface area contributed by atoms with Crippen molar-refractivity contribution in [3.63, 3.8) is 0 Å². The summed E-state index contributed by atoms with van der Waals surface area (Å²) in [4.78, 5) is 0. The highest BCUT2D eigenvalue weighted by Crippen LogP contribution is 2.26. The van der Waals surface area contributed by atoms with Crippen LogP contribution in [0.2, 0.25) is 0 Å². The molecule has 0 saturated heterocycles. The van der Waals surface area contributed by atoms with E-state index in [-0.39, 0.29) is 12.4 Å². The number of halogens is 1. The number of anilines is 1. The van der Waals surface area contributed by atoms with Gasteiger partial charge in [0.1, 0.15) is 0 Å². The van der Waals surface area contributed by atoms with E-state index in [0.717, 1.165) is 26.1 Å². The van der Waals surface area contributed by atoms with E-state index in [1.165, 1.54) is 35.2 Å². The molecule has 0 atom stereocenters. The quantitative estimate of drug-likeness (QED) is 0.821. The highest BCUT2D eigenvalue weighted by atomic mass is 35.5. The van der Waals surface area contributed by atoms with Crippen molar-refractivity contribution in [2.45, 2.75) is 25.8 Å². The van der Waals surface area contributed by atoms with E-state index in [1.807, 2.05) is 0 Å². The first-order chi connectivity index (χ1) is 9.93. The van der Waals surface area contributed by atoms with Crippen LogP contribution in [0.3, 0.4) is 0 Å². The molecule has 0 aromatic heterocycles. The Hall–Kier alpha value is -1.51. The monoisotopic (exact) mass is 302 g/mol. The van der Waals surface area contributed by atoms with Gasteiger partial charge in [-0.05, 0) is 42.5 Å². The summed E-state index contributed by atoms with van der Waals surface area (Å²) in [6.45, 7) is 3.08. The Morgan fingerprint density at radius 3 is 2.71 bits per heavy atom. The van der Waals surface area contributed by atoms with Crippen molar-refractivity contribution in [1.82, 2.24) is 5.32 Å². The van der Waals surface area contributed by atoms with Crippen LogP contribution in [0.15, 0.2) is 48.5 Å². The van der Waals surface area contributed by atoms with Gasteiger partial charge in [0.2, 0.25) is 0 Å². The fourth-order valence-corrected chi connectivity index (χ4v) is 2.84. The maximum atomic E-state index is 3.56. The van der Waals surface area contributed by atoms with Gasteiger partial charge in [0.05, 0.1) is 0 Å². The number of hydrogen-bond donors (Lipinski definition) is 2. The molecule has 3 heteroatoms. The van der Waals surface area contributed by atoms with Gasteiger partial charge in [0, 0.05) is 18.8 Å². The van der Waals surface area contributed by atoms with Crippen molar-refractivity contribution in [1.29, 1.82) is 0 Å². The van der Waals surface area contributed by atoms with E-state index >= 15 is 0 Å². The number of hydrogen-bond acceptors (Lipinski definition) is 2. The molecular formula is C18H23ClN2. The molecule has 1 aliphatic heterocycles. The molecule has 2 nitrogen and oxygen atoms in total. The Morgan fingerprint density at radius 2 is 1.86 bits per heavy atom. The van der Waals surface area contributed by atoms with Gasteiger partial charge in [-0.15, -0.1) is 12.4 Å². The van der Waals surface area contributed by atoms with Gasteiger partial charge < -0.3 is 10.6 Å². The van der Waals surface area contributed by atoms with Crippen LogP contribution in [0.4, 0.5) is 5.69 Å². The minimum absolute atomic E-state index is 0. The summed E-state index contributed by atoms with van der Waals surface area (Å²) in [5, 5.41) is 7.09. The van der Waals surface area contributed by atoms with E-state index in [4.69, 9.17) is 0 Å². The van der Waals surface area contributed by atoms with E-state index in [9.17, 15) is 0 Å². The maximum absolute atomic E-state index is 3.56. The largest absolute Gasteiger partial charge is 0.385 e. The Morgan fingerprint density at radius 1 is 1.00 bits per heavy atom. The molecule has 0 amide bonds. The smallest absolute Gasteiger partial charge is 0.0405 e. The Bertz CT molecular complexity index is 554. The Kier molecular flexibility index (Phi) is 6.09. The lowest BCUT2D eigenvalue weighted by atomic mass is 9.98. The fourth-order valence-electron chi connectivity index (χ4n) is 2.84. The second kappa shape index (κ2) is 8.06. The first-order valence-electron chi connectivity index (χ1n) is 7.53. The molecule has 1 aliphatic rings. The minimum atomic E-state index is 0. The summed E-state index contributed by atoms with van der Waals surface area (Å²) in [7, 11) is 0. The number of para-hydroxylation sites is 1. The van der Waals surface area contributed by atoms with Gasteiger partial charge >= 0.3 is 0 Å². The third kappa shape index (κ3) is 4.23. The summed E-state index contributed by atoms with van der Waals surface area (Å²) in [5.74, 6) is 0. The second-order valence-electron chi connectivity index (χ2n) is 5.39. The zero-order valence-electron chi connectivity index (χ0n) is 12.3. The van der Waals surface area contributed by atoms with Gasteiger partial charge in [0.15, 0.2) is 0 Å². The normalized spacial score (nSPS) is 13.0. The van der Waals surface area contributed by atoms with Gasteiger partial charge in [0.25, 0.3) is 0 Å². The molecule has 0 unspecified atom stereocenters. The molecule has 0 saturated carbocycles. The van der Waals surface area contributed by atoms with Crippen LogP contribution in [-0.4, -0.2) is 13.1 Å². The Labute approximate surface area is 133 Å². The maximum Gasteiger partial charge on any atom is 0.0405 e. The molecular weight excluding hydrogens is 280 g/mol. The van der Waals surface area contributed by atoms with Crippen LogP contribution >= 0.6 is 12.4 Å². The van der Waals surface area contributed by atoms with Crippen LogP contribution in [-0.2, 0) is 19.4 Å². The third-order valence-electron chi connectivity index (χ3n) is 3.90. The zero-order chi connectivity index (χ0) is 13.6. The molecule has 1 heterocycles. The van der Waals surface area contributed by atoms with Gasteiger partial charge in [-0.25, -0.2) is 0 Å². The second-order valence-corrected chi connectivity index (χ2v) is 5.39. The lowest BCUT2D eigenvalue weighted by molar-refractivity contribution is 0.685. The average molecular weight is 303 g/mol. The van der Waals surface area contributed by atoms with Crippen molar-refractivity contribution in [3.05, 3.63) is 65.2 Å². The van der Waals surface area contributed by atoms with Crippen LogP contribution in [0.5, 0.6) is 0 Å². The summed E-state index contributed by atoms with van der Waals surface area (Å²) in [6, 6.07) is 17.3. The number of rotatable bonds is 5. The number of nitrogens with one attached hydrogen (secondary N) is 2. The van der Waals surface area contributed by atoms with E-state index in [0.29, 0.717) is 0 Å². The molecule has 0 aliphatic carbocycles. The molecule has 112 valence electrons. The van der Waals surface area contributed by atoms with Crippen LogP contribution < -0.4 is 10.6 Å². The SMILES string of the molecule is Cl.c1ccc(CNCCc2cccc3c2NCCC3)cc1. The predicted octanol–water partition coefficient (Wildman–Crippen LogP) is 3.80. The van der Waals surface area contributed by atoms with Crippen LogP contribution in [0.25, 0.3) is 0 Å². The third-order valence-corrected chi connectivity index (χ3v) is 3.90. The first-order valence-corrected chi connectivity index (χ1v) is 7.53. The molecule has 0 radical (unpaired) electrons. The molecule has 21 heavy (non-hydrogen) atoms. The molecule has 0 bridgehead atoms. The Balaban J connectivity index is 0.00000161. The van der Waals surface area contributed by atoms with Gasteiger partial charge in [-0.3, -0.25) is 0 Å². The summed E-state index contributed by atoms with van der Waals surface area (Å²) < 4.78 is 0. The lowest BCUT2D eigenvalue weighted by Gasteiger charge is -2.21. The first kappa shape index (κ1) is 15.9.